The predicted octanol–water partition coefficient (Wildman–Crippen LogP) is 4.06. The van der Waals surface area contributed by atoms with Crippen LogP contribution >= 0.6 is 11.6 Å². The summed E-state index contributed by atoms with van der Waals surface area (Å²) in [4.78, 5) is 13.9. The van der Waals surface area contributed by atoms with Gasteiger partial charge in [-0.3, -0.25) is 4.79 Å². The van der Waals surface area contributed by atoms with E-state index in [9.17, 15) is 9.18 Å². The molecule has 20 heavy (non-hydrogen) atoms. The van der Waals surface area contributed by atoms with Gasteiger partial charge in [0, 0.05) is 13.6 Å². The van der Waals surface area contributed by atoms with Crippen molar-refractivity contribution < 1.29 is 9.18 Å². The number of benzene rings is 2. The van der Waals surface area contributed by atoms with Crippen LogP contribution in [0.3, 0.4) is 0 Å². The number of hydrogen-bond donors (Lipinski definition) is 0. The van der Waals surface area contributed by atoms with Crippen molar-refractivity contribution >= 4 is 17.5 Å². The third kappa shape index (κ3) is 3.17. The summed E-state index contributed by atoms with van der Waals surface area (Å²) in [6, 6.07) is 11.7. The Morgan fingerprint density at radius 1 is 1.25 bits per heavy atom. The minimum Gasteiger partial charge on any atom is -0.337 e. The van der Waals surface area contributed by atoms with E-state index < -0.39 is 5.82 Å². The van der Waals surface area contributed by atoms with Gasteiger partial charge in [0.2, 0.25) is 0 Å². The molecular formula is C16H15ClFNO. The van der Waals surface area contributed by atoms with Crippen molar-refractivity contribution in [3.63, 3.8) is 0 Å². The van der Waals surface area contributed by atoms with Crippen molar-refractivity contribution in [3.8, 4) is 0 Å². The number of carbonyl (C=O) groups is 1. The second-order valence-electron chi connectivity index (χ2n) is 4.71. The van der Waals surface area contributed by atoms with Gasteiger partial charge in [0.15, 0.2) is 0 Å². The van der Waals surface area contributed by atoms with E-state index in [1.165, 1.54) is 12.1 Å². The van der Waals surface area contributed by atoms with Crippen molar-refractivity contribution in [1.29, 1.82) is 0 Å². The van der Waals surface area contributed by atoms with Crippen molar-refractivity contribution in [1.82, 2.24) is 4.90 Å². The van der Waals surface area contributed by atoms with Gasteiger partial charge in [-0.2, -0.15) is 0 Å². The molecular weight excluding hydrogens is 277 g/mol. The summed E-state index contributed by atoms with van der Waals surface area (Å²) in [5.74, 6) is -0.675. The number of hydrogen-bond acceptors (Lipinski definition) is 1. The van der Waals surface area contributed by atoms with Gasteiger partial charge in [-0.25, -0.2) is 4.39 Å². The van der Waals surface area contributed by atoms with E-state index in [2.05, 4.69) is 0 Å². The van der Waals surface area contributed by atoms with E-state index in [0.29, 0.717) is 12.1 Å². The van der Waals surface area contributed by atoms with Crippen LogP contribution in [0.4, 0.5) is 4.39 Å². The minimum atomic E-state index is -0.451. The number of amides is 1. The second kappa shape index (κ2) is 6.06. The Hall–Kier alpha value is -1.87. The zero-order valence-corrected chi connectivity index (χ0v) is 12.1. The summed E-state index contributed by atoms with van der Waals surface area (Å²) in [5, 5.41) is 0.131. The molecule has 0 bridgehead atoms. The van der Waals surface area contributed by atoms with Crippen LogP contribution in [0.1, 0.15) is 21.5 Å². The van der Waals surface area contributed by atoms with Gasteiger partial charge in [-0.05, 0) is 36.2 Å². The number of carbonyl (C=O) groups excluding carboxylic acids is 1. The first-order valence-corrected chi connectivity index (χ1v) is 6.62. The van der Waals surface area contributed by atoms with Crippen molar-refractivity contribution in [2.24, 2.45) is 0 Å². The van der Waals surface area contributed by atoms with Crippen LogP contribution in [-0.2, 0) is 6.54 Å². The molecule has 0 radical (unpaired) electrons. The molecule has 104 valence electrons. The largest absolute Gasteiger partial charge is 0.337 e. The monoisotopic (exact) mass is 291 g/mol. The zero-order chi connectivity index (χ0) is 14.7. The summed E-state index contributed by atoms with van der Waals surface area (Å²) < 4.78 is 13.0. The highest BCUT2D eigenvalue weighted by Crippen LogP contribution is 2.20. The van der Waals surface area contributed by atoms with E-state index in [1.54, 1.807) is 11.9 Å². The first-order chi connectivity index (χ1) is 9.49. The van der Waals surface area contributed by atoms with E-state index in [1.807, 2.05) is 31.2 Å². The van der Waals surface area contributed by atoms with Gasteiger partial charge in [-0.1, -0.05) is 35.9 Å². The van der Waals surface area contributed by atoms with Crippen LogP contribution in [0.2, 0.25) is 5.02 Å². The molecule has 0 aromatic heterocycles. The van der Waals surface area contributed by atoms with E-state index in [-0.39, 0.29) is 10.9 Å². The first kappa shape index (κ1) is 14.5. The van der Waals surface area contributed by atoms with Crippen LogP contribution in [-0.4, -0.2) is 17.9 Å². The molecule has 0 spiro atoms. The average molecular weight is 292 g/mol. The van der Waals surface area contributed by atoms with Crippen LogP contribution in [0.5, 0.6) is 0 Å². The third-order valence-corrected chi connectivity index (χ3v) is 3.49. The molecule has 2 nitrogen and oxygen atoms in total. The normalized spacial score (nSPS) is 10.4. The van der Waals surface area contributed by atoms with Gasteiger partial charge >= 0.3 is 0 Å². The molecule has 0 aliphatic rings. The molecule has 2 aromatic carbocycles. The second-order valence-corrected chi connectivity index (χ2v) is 5.12. The lowest BCUT2D eigenvalue weighted by atomic mass is 10.1. The highest BCUT2D eigenvalue weighted by molar-refractivity contribution is 6.33. The van der Waals surface area contributed by atoms with Gasteiger partial charge in [0.1, 0.15) is 5.82 Å². The maximum atomic E-state index is 13.0. The lowest BCUT2D eigenvalue weighted by Gasteiger charge is -2.19. The Bertz CT molecular complexity index is 642. The Morgan fingerprint density at radius 2 is 1.95 bits per heavy atom. The molecule has 0 aliphatic carbocycles. The summed E-state index contributed by atoms with van der Waals surface area (Å²) >= 11 is 5.92. The molecule has 0 heterocycles. The Balaban J connectivity index is 2.19. The molecule has 0 aliphatic heterocycles. The van der Waals surface area contributed by atoms with Crippen LogP contribution < -0.4 is 0 Å². The highest BCUT2D eigenvalue weighted by atomic mass is 35.5. The molecule has 2 aromatic rings. The van der Waals surface area contributed by atoms with E-state index in [4.69, 9.17) is 11.6 Å². The van der Waals surface area contributed by atoms with Crippen molar-refractivity contribution in [3.05, 3.63) is 70.0 Å². The molecule has 0 N–H and O–H groups in total. The topological polar surface area (TPSA) is 20.3 Å². The standard InChI is InChI=1S/C16H15ClFNO/c1-11-5-3-4-6-12(11)10-19(2)16(20)14-8-7-13(18)9-15(14)17/h3-9H,10H2,1-2H3. The highest BCUT2D eigenvalue weighted by Gasteiger charge is 2.16. The number of rotatable bonds is 3. The maximum Gasteiger partial charge on any atom is 0.255 e. The molecule has 0 saturated heterocycles. The van der Waals surface area contributed by atoms with Crippen molar-refractivity contribution in [2.75, 3.05) is 7.05 Å². The quantitative estimate of drug-likeness (QED) is 0.835. The summed E-state index contributed by atoms with van der Waals surface area (Å²) in [6.07, 6.45) is 0. The minimum absolute atomic E-state index is 0.131. The SMILES string of the molecule is Cc1ccccc1CN(C)C(=O)c1ccc(F)cc1Cl. The lowest BCUT2D eigenvalue weighted by Crippen LogP contribution is -2.26. The summed E-state index contributed by atoms with van der Waals surface area (Å²) in [6.45, 7) is 2.48. The smallest absolute Gasteiger partial charge is 0.255 e. The molecule has 0 saturated carbocycles. The van der Waals surface area contributed by atoms with Gasteiger partial charge < -0.3 is 4.90 Å². The van der Waals surface area contributed by atoms with Gasteiger partial charge in [0.25, 0.3) is 5.91 Å². The fraction of sp³-hybridized carbons (Fsp3) is 0.188. The Kier molecular flexibility index (Phi) is 4.40. The van der Waals surface area contributed by atoms with E-state index in [0.717, 1.165) is 17.2 Å². The summed E-state index contributed by atoms with van der Waals surface area (Å²) in [5.41, 5.74) is 2.50. The average Bonchev–Trinajstić information content (AvgIpc) is 2.40. The number of aryl methyl sites for hydroxylation is 1. The maximum absolute atomic E-state index is 13.0. The molecule has 2 rings (SSSR count). The fourth-order valence-electron chi connectivity index (χ4n) is 1.98. The molecule has 0 atom stereocenters. The van der Waals surface area contributed by atoms with Crippen molar-refractivity contribution in [2.45, 2.75) is 13.5 Å². The lowest BCUT2D eigenvalue weighted by molar-refractivity contribution is 0.0785. The number of nitrogens with zero attached hydrogens (tertiary/aromatic N) is 1. The van der Waals surface area contributed by atoms with Gasteiger partial charge in [0.05, 0.1) is 10.6 Å². The molecule has 0 fully saturated rings. The molecule has 4 heteroatoms. The molecule has 1 amide bonds. The van der Waals surface area contributed by atoms with E-state index >= 15 is 0 Å². The Morgan fingerprint density at radius 3 is 2.60 bits per heavy atom. The zero-order valence-electron chi connectivity index (χ0n) is 11.4. The third-order valence-electron chi connectivity index (χ3n) is 3.18. The fourth-order valence-corrected chi connectivity index (χ4v) is 2.23. The summed E-state index contributed by atoms with van der Waals surface area (Å²) in [7, 11) is 1.70. The van der Waals surface area contributed by atoms with Crippen LogP contribution in [0.15, 0.2) is 42.5 Å². The Labute approximate surface area is 122 Å². The van der Waals surface area contributed by atoms with Crippen LogP contribution in [0, 0.1) is 12.7 Å². The first-order valence-electron chi connectivity index (χ1n) is 6.24. The molecule has 0 unspecified atom stereocenters. The predicted molar refractivity (Wildman–Crippen MR) is 78.4 cm³/mol. The number of halogens is 2. The van der Waals surface area contributed by atoms with Gasteiger partial charge in [-0.15, -0.1) is 0 Å². The van der Waals surface area contributed by atoms with Crippen LogP contribution in [0.25, 0.3) is 0 Å².